The van der Waals surface area contributed by atoms with Gasteiger partial charge in [-0.2, -0.15) is 0 Å². The molecule has 10 heteroatoms. The number of nitrogens with one attached hydrogen (secondary N) is 1. The zero-order chi connectivity index (χ0) is 25.2. The third-order valence-electron chi connectivity index (χ3n) is 5.09. The van der Waals surface area contributed by atoms with Crippen molar-refractivity contribution in [3.63, 3.8) is 0 Å². The van der Waals surface area contributed by atoms with Gasteiger partial charge in [-0.25, -0.2) is 22.3 Å². The van der Waals surface area contributed by atoms with Crippen LogP contribution in [-0.2, 0) is 14.8 Å². The van der Waals surface area contributed by atoms with Gasteiger partial charge in [0.2, 0.25) is 10.0 Å². The molecule has 0 aliphatic carbocycles. The predicted octanol–water partition coefficient (Wildman–Crippen LogP) is 4.88. The normalized spacial score (nSPS) is 11.3. The minimum Gasteiger partial charge on any atom is -0.480 e. The number of hydrogen-bond acceptors (Lipinski definition) is 5. The number of carbonyl (C=O) groups is 1. The number of carbonyl (C=O) groups excluding carboxylic acids is 1. The van der Waals surface area contributed by atoms with Gasteiger partial charge in [0.1, 0.15) is 17.4 Å². The third kappa shape index (κ3) is 5.73. The van der Waals surface area contributed by atoms with Crippen molar-refractivity contribution < 1.29 is 31.5 Å². The van der Waals surface area contributed by atoms with E-state index in [1.165, 1.54) is 36.4 Å². The molecule has 3 N–H and O–H groups in total. The highest BCUT2D eigenvalue weighted by atomic mass is 32.2. The molecule has 4 aromatic carbocycles. The van der Waals surface area contributed by atoms with E-state index < -0.39 is 34.2 Å². The zero-order valence-electron chi connectivity index (χ0n) is 18.4. The maximum atomic E-state index is 14.1. The zero-order valence-corrected chi connectivity index (χ0v) is 19.2. The van der Waals surface area contributed by atoms with Crippen LogP contribution in [0.5, 0.6) is 17.2 Å². The Hall–Kier alpha value is -4.02. The van der Waals surface area contributed by atoms with Gasteiger partial charge in [-0.05, 0) is 66.4 Å². The number of amides is 1. The molecule has 0 saturated carbocycles. The summed E-state index contributed by atoms with van der Waals surface area (Å²) in [5.74, 6) is -1.20. The molecule has 35 heavy (non-hydrogen) atoms. The minimum atomic E-state index is -3.87. The molecular weight excluding hydrogens is 478 g/mol. The summed E-state index contributed by atoms with van der Waals surface area (Å²) in [6.45, 7) is 1.17. The van der Waals surface area contributed by atoms with E-state index in [1.54, 1.807) is 31.2 Å². The van der Waals surface area contributed by atoms with Crippen LogP contribution >= 0.6 is 0 Å². The first-order chi connectivity index (χ1) is 16.6. The van der Waals surface area contributed by atoms with Gasteiger partial charge in [-0.3, -0.25) is 4.79 Å². The Morgan fingerprint density at radius 3 is 2.51 bits per heavy atom. The average molecular weight is 499 g/mol. The molecule has 4 rings (SSSR count). The Balaban J connectivity index is 1.48. The first-order valence-corrected chi connectivity index (χ1v) is 11.9. The summed E-state index contributed by atoms with van der Waals surface area (Å²) in [6, 6.07) is 17.0. The number of sulfonamides is 1. The fourth-order valence-electron chi connectivity index (χ4n) is 3.37. The molecule has 4 aromatic rings. The lowest BCUT2D eigenvalue weighted by Gasteiger charge is -2.14. The second-order valence-electron chi connectivity index (χ2n) is 7.67. The Kier molecular flexibility index (Phi) is 6.68. The molecule has 180 valence electrons. The van der Waals surface area contributed by atoms with Crippen LogP contribution in [-0.4, -0.2) is 20.9 Å². The van der Waals surface area contributed by atoms with Crippen LogP contribution in [0, 0.1) is 18.6 Å². The summed E-state index contributed by atoms with van der Waals surface area (Å²) >= 11 is 0. The van der Waals surface area contributed by atoms with E-state index >= 15 is 0 Å². The smallest absolute Gasteiger partial charge is 0.262 e. The molecular formula is C25H20F2N2O5S. The molecule has 7 nitrogen and oxygen atoms in total. The van der Waals surface area contributed by atoms with Crippen LogP contribution in [0.3, 0.4) is 0 Å². The number of benzene rings is 4. The molecule has 0 aliphatic heterocycles. The van der Waals surface area contributed by atoms with E-state index in [-0.39, 0.29) is 22.1 Å². The number of rotatable bonds is 7. The Morgan fingerprint density at radius 2 is 1.77 bits per heavy atom. The fourth-order valence-corrected chi connectivity index (χ4v) is 3.97. The van der Waals surface area contributed by atoms with Gasteiger partial charge in [0.05, 0.1) is 4.90 Å². The molecule has 0 heterocycles. The average Bonchev–Trinajstić information content (AvgIpc) is 2.80. The molecule has 1 amide bonds. The van der Waals surface area contributed by atoms with Gasteiger partial charge in [0.15, 0.2) is 18.1 Å². The molecule has 0 fully saturated rings. The predicted molar refractivity (Wildman–Crippen MR) is 127 cm³/mol. The van der Waals surface area contributed by atoms with Gasteiger partial charge in [-0.15, -0.1) is 0 Å². The number of hydrogen-bond donors (Lipinski definition) is 2. The number of halogens is 2. The van der Waals surface area contributed by atoms with Crippen molar-refractivity contribution in [3.05, 3.63) is 90.0 Å². The van der Waals surface area contributed by atoms with Crippen LogP contribution in [0.1, 0.15) is 5.56 Å². The SMILES string of the molecule is Cc1cc(S(N)(=O)=O)ccc1NC(=O)COc1ccc(F)cc1Oc1ccc2cccc(F)c2c1. The number of ether oxygens (including phenoxy) is 2. The first kappa shape index (κ1) is 24.1. The van der Waals surface area contributed by atoms with E-state index in [1.807, 2.05) is 0 Å². The molecule has 0 unspecified atom stereocenters. The van der Waals surface area contributed by atoms with Crippen LogP contribution in [0.25, 0.3) is 10.8 Å². The standard InChI is InChI=1S/C25H20F2N2O5S/c1-15-11-19(35(28,31)32)8-9-22(15)29-25(30)14-33-23-10-6-17(26)12-24(23)34-18-7-5-16-3-2-4-21(27)20(16)13-18/h2-13H,14H2,1H3,(H,29,30)(H2,28,31,32). The van der Waals surface area contributed by atoms with Crippen molar-refractivity contribution in [2.24, 2.45) is 5.14 Å². The van der Waals surface area contributed by atoms with E-state index in [9.17, 15) is 22.0 Å². The van der Waals surface area contributed by atoms with Gasteiger partial charge in [0, 0.05) is 17.1 Å². The monoisotopic (exact) mass is 498 g/mol. The highest BCUT2D eigenvalue weighted by molar-refractivity contribution is 7.89. The van der Waals surface area contributed by atoms with Gasteiger partial charge in [0.25, 0.3) is 5.91 Å². The maximum Gasteiger partial charge on any atom is 0.262 e. The molecule has 0 atom stereocenters. The summed E-state index contributed by atoms with van der Waals surface area (Å²) in [6.07, 6.45) is 0. The van der Waals surface area contributed by atoms with Crippen LogP contribution in [0.15, 0.2) is 77.7 Å². The van der Waals surface area contributed by atoms with Crippen molar-refractivity contribution in [2.75, 3.05) is 11.9 Å². The Morgan fingerprint density at radius 1 is 0.971 bits per heavy atom. The Labute approximate surface area is 200 Å². The van der Waals surface area contributed by atoms with E-state index in [2.05, 4.69) is 5.32 Å². The largest absolute Gasteiger partial charge is 0.480 e. The summed E-state index contributed by atoms with van der Waals surface area (Å²) in [4.78, 5) is 12.3. The first-order valence-electron chi connectivity index (χ1n) is 10.3. The lowest BCUT2D eigenvalue weighted by Crippen LogP contribution is -2.21. The highest BCUT2D eigenvalue weighted by Crippen LogP contribution is 2.34. The molecule has 0 radical (unpaired) electrons. The second kappa shape index (κ2) is 9.69. The van der Waals surface area contributed by atoms with Crippen molar-refractivity contribution >= 4 is 32.4 Å². The number of fused-ring (bicyclic) bond motifs is 1. The van der Waals surface area contributed by atoms with Gasteiger partial charge in [-0.1, -0.05) is 18.2 Å². The number of aryl methyl sites for hydroxylation is 1. The van der Waals surface area contributed by atoms with E-state index in [0.717, 1.165) is 12.1 Å². The van der Waals surface area contributed by atoms with E-state index in [0.29, 0.717) is 22.0 Å². The third-order valence-corrected chi connectivity index (χ3v) is 6.00. The molecule has 0 aromatic heterocycles. The summed E-state index contributed by atoms with van der Waals surface area (Å²) in [5, 5.41) is 8.74. The van der Waals surface area contributed by atoms with Gasteiger partial charge < -0.3 is 14.8 Å². The summed E-state index contributed by atoms with van der Waals surface area (Å²) < 4.78 is 62.2. The second-order valence-corrected chi connectivity index (χ2v) is 9.24. The number of primary sulfonamides is 1. The van der Waals surface area contributed by atoms with Crippen molar-refractivity contribution in [1.82, 2.24) is 0 Å². The molecule has 0 spiro atoms. The van der Waals surface area contributed by atoms with E-state index in [4.69, 9.17) is 14.6 Å². The molecule has 0 bridgehead atoms. The quantitative estimate of drug-likeness (QED) is 0.378. The topological polar surface area (TPSA) is 108 Å². The molecule has 0 saturated heterocycles. The Bertz CT molecular complexity index is 1540. The lowest BCUT2D eigenvalue weighted by atomic mass is 10.1. The lowest BCUT2D eigenvalue weighted by molar-refractivity contribution is -0.118. The van der Waals surface area contributed by atoms with Crippen LogP contribution < -0.4 is 19.9 Å². The number of anilines is 1. The van der Waals surface area contributed by atoms with Crippen molar-refractivity contribution in [3.8, 4) is 17.2 Å². The highest BCUT2D eigenvalue weighted by Gasteiger charge is 2.14. The summed E-state index contributed by atoms with van der Waals surface area (Å²) in [5.41, 5.74) is 0.860. The van der Waals surface area contributed by atoms with Gasteiger partial charge >= 0.3 is 0 Å². The number of nitrogens with two attached hydrogens (primary N) is 1. The maximum absolute atomic E-state index is 14.1. The fraction of sp³-hybridized carbons (Fsp3) is 0.0800. The van der Waals surface area contributed by atoms with Crippen LogP contribution in [0.4, 0.5) is 14.5 Å². The summed E-state index contributed by atoms with van der Waals surface area (Å²) in [7, 11) is -3.87. The minimum absolute atomic E-state index is 0.00201. The molecule has 0 aliphatic rings. The van der Waals surface area contributed by atoms with Crippen molar-refractivity contribution in [1.29, 1.82) is 0 Å². The van der Waals surface area contributed by atoms with Crippen LogP contribution in [0.2, 0.25) is 0 Å². The van der Waals surface area contributed by atoms with Crippen molar-refractivity contribution in [2.45, 2.75) is 11.8 Å².